The van der Waals surface area contributed by atoms with E-state index in [2.05, 4.69) is 256 Å². The van der Waals surface area contributed by atoms with Crippen LogP contribution in [0.5, 0.6) is 0 Å². The Bertz CT molecular complexity index is 4090. The molecule has 0 amide bonds. The molecule has 0 saturated carbocycles. The summed E-state index contributed by atoms with van der Waals surface area (Å²) < 4.78 is 34.3. The summed E-state index contributed by atoms with van der Waals surface area (Å²) in [6, 6.07) is 91.9. The first-order valence-corrected chi connectivity index (χ1v) is 27.6. The summed E-state index contributed by atoms with van der Waals surface area (Å²) in [5.74, 6) is -0.621. The van der Waals surface area contributed by atoms with E-state index in [1.54, 1.807) is 24.3 Å². The zero-order valence-corrected chi connectivity index (χ0v) is 45.1. The molecule has 0 atom stereocenters. The number of para-hydroxylation sites is 4. The van der Waals surface area contributed by atoms with Crippen LogP contribution < -0.4 is 9.80 Å². The maximum absolute atomic E-state index is 17.2. The van der Waals surface area contributed by atoms with E-state index in [9.17, 15) is 0 Å². The molecule has 0 unspecified atom stereocenters. The highest BCUT2D eigenvalue weighted by Crippen LogP contribution is 2.61. The van der Waals surface area contributed by atoms with Crippen LogP contribution in [0.2, 0.25) is 0 Å². The van der Waals surface area contributed by atoms with E-state index in [1.165, 1.54) is 0 Å². The highest BCUT2D eigenvalue weighted by molar-refractivity contribution is 6.17. The van der Waals surface area contributed by atoms with Crippen molar-refractivity contribution in [2.24, 2.45) is 0 Å². The molecule has 2 aliphatic rings. The largest absolute Gasteiger partial charge is 0.310 e. The van der Waals surface area contributed by atoms with Gasteiger partial charge in [-0.05, 0) is 151 Å². The number of hydrogen-bond acceptors (Lipinski definition) is 2. The van der Waals surface area contributed by atoms with Crippen molar-refractivity contribution >= 4 is 44.9 Å². The van der Waals surface area contributed by atoms with Gasteiger partial charge in [-0.3, -0.25) is 0 Å². The molecule has 0 N–H and O–H groups in total. The lowest BCUT2D eigenvalue weighted by Gasteiger charge is -2.30. The van der Waals surface area contributed by atoms with Gasteiger partial charge in [-0.25, -0.2) is 8.78 Å². The summed E-state index contributed by atoms with van der Waals surface area (Å²) in [7, 11) is 0. The van der Waals surface area contributed by atoms with Crippen molar-refractivity contribution in [3.8, 4) is 66.8 Å². The maximum atomic E-state index is 17.2. The lowest BCUT2D eigenvalue weighted by atomic mass is 9.76. The molecule has 0 heterocycles. The Labute approximate surface area is 467 Å². The van der Waals surface area contributed by atoms with E-state index in [0.717, 1.165) is 123 Å². The number of rotatable bonds is 10. The normalized spacial score (nSPS) is 13.3. The lowest BCUT2D eigenvalue weighted by molar-refractivity contribution is 0.630. The van der Waals surface area contributed by atoms with Gasteiger partial charge in [-0.1, -0.05) is 210 Å². The topological polar surface area (TPSA) is 6.48 Å². The second-order valence-corrected chi connectivity index (χ2v) is 22.2. The van der Waals surface area contributed by atoms with Crippen LogP contribution in [0.15, 0.2) is 267 Å². The number of hydrogen-bond donors (Lipinski definition) is 0. The average Bonchev–Trinajstić information content (AvgIpc) is 4.11. The minimum absolute atomic E-state index is 0.310. The lowest BCUT2D eigenvalue weighted by Crippen LogP contribution is -2.17. The van der Waals surface area contributed by atoms with E-state index in [1.807, 2.05) is 24.3 Å². The van der Waals surface area contributed by atoms with Gasteiger partial charge < -0.3 is 9.80 Å². The molecule has 0 radical (unpaired) electrons. The van der Waals surface area contributed by atoms with Crippen LogP contribution in [-0.2, 0) is 10.8 Å². The maximum Gasteiger partial charge on any atom is 0.131 e. The molecule has 0 aliphatic heterocycles. The van der Waals surface area contributed by atoms with Gasteiger partial charge in [0.1, 0.15) is 11.6 Å². The van der Waals surface area contributed by atoms with Gasteiger partial charge in [0.05, 0.1) is 11.4 Å². The van der Waals surface area contributed by atoms with E-state index in [4.69, 9.17) is 0 Å². The summed E-state index contributed by atoms with van der Waals surface area (Å²) in [5.41, 5.74) is 20.6. The van der Waals surface area contributed by atoms with Gasteiger partial charge in [0.15, 0.2) is 0 Å². The van der Waals surface area contributed by atoms with Crippen LogP contribution in [0.25, 0.3) is 77.5 Å². The van der Waals surface area contributed by atoms with E-state index in [0.29, 0.717) is 11.1 Å². The number of fused-ring (bicyclic) bond motifs is 7. The molecule has 384 valence electrons. The van der Waals surface area contributed by atoms with Crippen molar-refractivity contribution in [1.82, 2.24) is 0 Å². The van der Waals surface area contributed by atoms with Crippen LogP contribution in [0.1, 0.15) is 49.9 Å². The molecule has 0 fully saturated rings. The fourth-order valence-electron chi connectivity index (χ4n) is 13.1. The Morgan fingerprint density at radius 2 is 0.588 bits per heavy atom. The van der Waals surface area contributed by atoms with Crippen molar-refractivity contribution in [3.05, 3.63) is 301 Å². The number of halogens is 2. The van der Waals surface area contributed by atoms with Crippen LogP contribution >= 0.6 is 0 Å². The summed E-state index contributed by atoms with van der Waals surface area (Å²) in [6.07, 6.45) is 0. The van der Waals surface area contributed by atoms with Gasteiger partial charge in [0, 0.05) is 67.0 Å². The number of anilines is 6. The van der Waals surface area contributed by atoms with Crippen molar-refractivity contribution in [2.75, 3.05) is 9.80 Å². The minimum atomic E-state index is -0.579. The predicted octanol–water partition coefficient (Wildman–Crippen LogP) is 21.3. The standard InChI is InChI=1S/C76H56F2N2/c1-75(2)63-45-53(79(51-29-13-7-14-30-51)69-39-23-19-33-55(69)49-25-9-5-10-26-49)41-43-57(63)73-65(75)47-61-62(71(73)59-35-17-21-37-67(59)77)48-66-74(72(61)60-36-18-22-38-68(60)78)58-44-42-54(46-64(58)76(66,3)4)80(52-31-15-8-16-32-52)70-40-24-20-34-56(70)50-27-11-6-12-28-50/h5-48H,1-4H3. The second-order valence-electron chi connectivity index (χ2n) is 22.2. The summed E-state index contributed by atoms with van der Waals surface area (Å²) in [5, 5.41) is 1.76. The third-order valence-electron chi connectivity index (χ3n) is 17.0. The summed E-state index contributed by atoms with van der Waals surface area (Å²) in [4.78, 5) is 4.70. The predicted molar refractivity (Wildman–Crippen MR) is 330 cm³/mol. The Kier molecular flexibility index (Phi) is 11.6. The van der Waals surface area contributed by atoms with Gasteiger partial charge in [-0.15, -0.1) is 0 Å². The number of nitrogens with zero attached hydrogens (tertiary/aromatic N) is 2. The second kappa shape index (κ2) is 19.1. The smallest absolute Gasteiger partial charge is 0.131 e. The van der Waals surface area contributed by atoms with Crippen molar-refractivity contribution in [3.63, 3.8) is 0 Å². The number of benzene rings is 12. The first-order valence-electron chi connectivity index (χ1n) is 27.6. The van der Waals surface area contributed by atoms with Crippen molar-refractivity contribution < 1.29 is 8.78 Å². The molecule has 4 heteroatoms. The molecule has 12 aromatic rings. The van der Waals surface area contributed by atoms with Crippen LogP contribution in [-0.4, -0.2) is 0 Å². The zero-order valence-electron chi connectivity index (χ0n) is 45.1. The first-order chi connectivity index (χ1) is 39.1. The van der Waals surface area contributed by atoms with Crippen LogP contribution in [0.4, 0.5) is 42.9 Å². The molecule has 0 aromatic heterocycles. The van der Waals surface area contributed by atoms with Crippen LogP contribution in [0, 0.1) is 11.6 Å². The fraction of sp³-hybridized carbons (Fsp3) is 0.0789. The van der Waals surface area contributed by atoms with Crippen molar-refractivity contribution in [2.45, 2.75) is 38.5 Å². The molecule has 2 aliphatic carbocycles. The van der Waals surface area contributed by atoms with Crippen LogP contribution in [0.3, 0.4) is 0 Å². The highest BCUT2D eigenvalue weighted by Gasteiger charge is 2.43. The molecule has 0 spiro atoms. The molecule has 0 saturated heterocycles. The summed E-state index contributed by atoms with van der Waals surface area (Å²) in [6.45, 7) is 9.14. The highest BCUT2D eigenvalue weighted by atomic mass is 19.1. The summed E-state index contributed by atoms with van der Waals surface area (Å²) >= 11 is 0. The first kappa shape index (κ1) is 48.7. The monoisotopic (exact) mass is 1030 g/mol. The average molecular weight is 1040 g/mol. The molecule has 0 bridgehead atoms. The van der Waals surface area contributed by atoms with Gasteiger partial charge in [0.25, 0.3) is 0 Å². The van der Waals surface area contributed by atoms with Gasteiger partial charge in [-0.2, -0.15) is 0 Å². The molecule has 14 rings (SSSR count). The fourth-order valence-corrected chi connectivity index (χ4v) is 13.1. The third-order valence-corrected chi connectivity index (χ3v) is 17.0. The van der Waals surface area contributed by atoms with E-state index in [-0.39, 0.29) is 11.6 Å². The zero-order chi connectivity index (χ0) is 54.3. The van der Waals surface area contributed by atoms with E-state index < -0.39 is 10.8 Å². The Balaban J connectivity index is 1.01. The molecule has 2 nitrogen and oxygen atoms in total. The van der Waals surface area contributed by atoms with Gasteiger partial charge >= 0.3 is 0 Å². The molecule has 80 heavy (non-hydrogen) atoms. The molecular formula is C76H56F2N2. The third kappa shape index (κ3) is 7.73. The SMILES string of the molecule is CC1(C)c2cc(N(c3ccccc3)c3ccccc3-c3ccccc3)ccc2-c2c1cc1c(-c3ccccc3F)c3c(cc1c2-c1ccccc1F)C(C)(C)c1cc(N(c2ccccc2)c2ccccc2-c2ccccc2)ccc1-3. The minimum Gasteiger partial charge on any atom is -0.310 e. The Morgan fingerprint density at radius 3 is 0.963 bits per heavy atom. The molecule has 12 aromatic carbocycles. The van der Waals surface area contributed by atoms with Gasteiger partial charge in [0.2, 0.25) is 0 Å². The molecular weight excluding hydrogens is 979 g/mol. The van der Waals surface area contributed by atoms with Crippen molar-refractivity contribution in [1.29, 1.82) is 0 Å². The Morgan fingerprint density at radius 1 is 0.263 bits per heavy atom. The Hall–Kier alpha value is -9.64. The van der Waals surface area contributed by atoms with E-state index >= 15 is 8.78 Å². The quantitative estimate of drug-likeness (QED) is 0.135.